The van der Waals surface area contributed by atoms with Crippen LogP contribution in [0.3, 0.4) is 0 Å². The van der Waals surface area contributed by atoms with Gasteiger partial charge >= 0.3 is 0 Å². The number of hydrogen-bond donors (Lipinski definition) is 1. The van der Waals surface area contributed by atoms with Gasteiger partial charge in [-0.05, 0) is 44.5 Å². The SMILES string of the molecule is [2H]C([2H])N(C[C@H](c1ccc(OC([2H])([2H])[2H])cc1)C1(O)CCCCC1)C([2H])([2H])[2H]. The van der Waals surface area contributed by atoms with Crippen molar-refractivity contribution in [2.24, 2.45) is 0 Å². The normalized spacial score (nSPS) is 27.1. The van der Waals surface area contributed by atoms with Crippen molar-refractivity contribution in [1.82, 2.24) is 4.90 Å². The van der Waals surface area contributed by atoms with Crippen molar-refractivity contribution in [2.75, 3.05) is 27.6 Å². The number of hydrogen-bond acceptors (Lipinski definition) is 3. The first-order valence-corrected chi connectivity index (χ1v) is 6.94. The van der Waals surface area contributed by atoms with Gasteiger partial charge in [-0.25, -0.2) is 0 Å². The summed E-state index contributed by atoms with van der Waals surface area (Å²) in [6.07, 6.45) is 3.61. The molecule has 3 nitrogen and oxygen atoms in total. The first-order chi connectivity index (χ1) is 12.8. The van der Waals surface area contributed by atoms with E-state index >= 15 is 0 Å². The summed E-state index contributed by atoms with van der Waals surface area (Å²) in [5, 5.41) is 11.3. The van der Waals surface area contributed by atoms with E-state index < -0.39 is 32.5 Å². The first kappa shape index (κ1) is 7.81. The molecule has 0 spiro atoms. The molecule has 0 heterocycles. The second-order valence-electron chi connectivity index (χ2n) is 5.54. The molecule has 3 heteroatoms. The molecule has 112 valence electrons. The Morgan fingerprint density at radius 2 is 2.05 bits per heavy atom. The van der Waals surface area contributed by atoms with Crippen molar-refractivity contribution in [3.05, 3.63) is 29.8 Å². The van der Waals surface area contributed by atoms with Crippen LogP contribution in [0.4, 0.5) is 0 Å². The van der Waals surface area contributed by atoms with Crippen molar-refractivity contribution in [3.63, 3.8) is 0 Å². The van der Waals surface area contributed by atoms with Crippen molar-refractivity contribution in [1.29, 1.82) is 0 Å². The van der Waals surface area contributed by atoms with Gasteiger partial charge in [-0.2, -0.15) is 0 Å². The molecule has 1 aliphatic carbocycles. The standard InChI is InChI=1S/C17H27NO2/c1-18(2)13-16(17(19)11-5-4-6-12-17)14-7-9-15(20-3)10-8-14/h7-10,16,19H,4-6,11-13H2,1-3H3/t16-/m1/s1/i1D2,2D3,3D3. The zero-order chi connectivity index (χ0) is 21.2. The minimum absolute atomic E-state index is 0.143. The Kier molecular flexibility index (Phi) is 2.57. The molecule has 1 aliphatic rings. The molecule has 0 aromatic heterocycles. The number of likely N-dealkylation sites (N-methyl/N-ethyl adjacent to an activating group) is 1. The van der Waals surface area contributed by atoms with Crippen LogP contribution in [0.1, 0.15) is 54.6 Å². The molecule has 2 rings (SSSR count). The first-order valence-electron chi connectivity index (χ1n) is 11.1. The minimum atomic E-state index is -2.64. The van der Waals surface area contributed by atoms with E-state index in [1.54, 1.807) is 12.1 Å². The number of rotatable bonds is 5. The largest absolute Gasteiger partial charge is 0.497 e. The highest BCUT2D eigenvalue weighted by Crippen LogP contribution is 2.40. The molecule has 20 heavy (non-hydrogen) atoms. The maximum Gasteiger partial charge on any atom is 0.118 e. The molecule has 1 fully saturated rings. The summed E-state index contributed by atoms with van der Waals surface area (Å²) >= 11 is 0. The third-order valence-corrected chi connectivity index (χ3v) is 4.15. The van der Waals surface area contributed by atoms with E-state index in [-0.39, 0.29) is 12.3 Å². The van der Waals surface area contributed by atoms with Crippen LogP contribution < -0.4 is 4.74 Å². The third-order valence-electron chi connectivity index (χ3n) is 4.15. The van der Waals surface area contributed by atoms with Gasteiger partial charge in [-0.1, -0.05) is 31.4 Å². The zero-order valence-corrected chi connectivity index (χ0v) is 11.5. The van der Waals surface area contributed by atoms with Crippen molar-refractivity contribution < 1.29 is 20.8 Å². The van der Waals surface area contributed by atoms with Gasteiger partial charge in [0.1, 0.15) is 5.75 Å². The Morgan fingerprint density at radius 1 is 1.30 bits per heavy atom. The van der Waals surface area contributed by atoms with Crippen molar-refractivity contribution in [2.45, 2.75) is 43.6 Å². The van der Waals surface area contributed by atoms with E-state index in [0.29, 0.717) is 18.4 Å². The number of aliphatic hydroxyl groups is 1. The Morgan fingerprint density at radius 3 is 2.65 bits per heavy atom. The lowest BCUT2D eigenvalue weighted by Gasteiger charge is -2.40. The van der Waals surface area contributed by atoms with Gasteiger partial charge < -0.3 is 14.7 Å². The number of methoxy groups -OCH3 is 1. The molecule has 1 atom stereocenters. The minimum Gasteiger partial charge on any atom is -0.497 e. The van der Waals surface area contributed by atoms with Gasteiger partial charge in [0.25, 0.3) is 0 Å². The maximum atomic E-state index is 11.3. The second-order valence-corrected chi connectivity index (χ2v) is 5.54. The monoisotopic (exact) mass is 285 g/mol. The molecule has 0 amide bonds. The third kappa shape index (κ3) is 3.53. The summed E-state index contributed by atoms with van der Waals surface area (Å²) in [5.41, 5.74) is -0.527. The van der Waals surface area contributed by atoms with Gasteiger partial charge in [0.15, 0.2) is 0 Å². The van der Waals surface area contributed by atoms with E-state index in [0.717, 1.165) is 24.2 Å². The van der Waals surface area contributed by atoms with Crippen LogP contribution in [0.2, 0.25) is 0 Å². The van der Waals surface area contributed by atoms with Crippen LogP contribution in [0, 0.1) is 0 Å². The summed E-state index contributed by atoms with van der Waals surface area (Å²) in [4.78, 5) is 0.775. The van der Waals surface area contributed by atoms with Gasteiger partial charge in [0.2, 0.25) is 0 Å². The van der Waals surface area contributed by atoms with E-state index in [1.165, 1.54) is 12.1 Å². The van der Waals surface area contributed by atoms with Gasteiger partial charge in [-0.15, -0.1) is 0 Å². The topological polar surface area (TPSA) is 32.7 Å². The average Bonchev–Trinajstić information content (AvgIpc) is 2.54. The zero-order valence-electron chi connectivity index (χ0n) is 19.5. The maximum absolute atomic E-state index is 11.3. The molecule has 0 saturated heterocycles. The lowest BCUT2D eigenvalue weighted by Crippen LogP contribution is -2.42. The average molecular weight is 285 g/mol. The molecule has 0 aliphatic heterocycles. The Bertz CT molecular complexity index is 624. The summed E-state index contributed by atoms with van der Waals surface area (Å²) in [6, 6.07) is 6.16. The van der Waals surface area contributed by atoms with E-state index in [1.807, 2.05) is 0 Å². The molecule has 1 saturated carbocycles. The van der Waals surface area contributed by atoms with Crippen LogP contribution in [0.5, 0.6) is 5.75 Å². The molecule has 1 aromatic rings. The van der Waals surface area contributed by atoms with Crippen LogP contribution in [-0.4, -0.2) is 43.2 Å². The summed E-state index contributed by atoms with van der Waals surface area (Å²) in [5.74, 6) is -0.488. The molecule has 0 radical (unpaired) electrons. The van der Waals surface area contributed by atoms with E-state index in [2.05, 4.69) is 0 Å². The van der Waals surface area contributed by atoms with Gasteiger partial charge in [0.05, 0.1) is 16.8 Å². The number of benzene rings is 1. The molecule has 0 bridgehead atoms. The fourth-order valence-corrected chi connectivity index (χ4v) is 3.06. The smallest absolute Gasteiger partial charge is 0.118 e. The molecule has 0 unspecified atom stereocenters. The highest BCUT2D eigenvalue weighted by Gasteiger charge is 2.38. The van der Waals surface area contributed by atoms with Gasteiger partial charge in [-0.3, -0.25) is 0 Å². The van der Waals surface area contributed by atoms with Crippen LogP contribution >= 0.6 is 0 Å². The predicted octanol–water partition coefficient (Wildman–Crippen LogP) is 3.04. The Balaban J connectivity index is 2.35. The van der Waals surface area contributed by atoms with E-state index in [9.17, 15) is 5.11 Å². The quantitative estimate of drug-likeness (QED) is 0.902. The Hall–Kier alpha value is -1.06. The van der Waals surface area contributed by atoms with Crippen molar-refractivity contribution >= 4 is 0 Å². The molecule has 1 N–H and O–H groups in total. The number of nitrogens with zero attached hydrogens (tertiary/aromatic N) is 1. The highest BCUT2D eigenvalue weighted by molar-refractivity contribution is 5.31. The summed E-state index contributed by atoms with van der Waals surface area (Å²) < 4.78 is 64.5. The molecular weight excluding hydrogens is 250 g/mol. The molecular formula is C17H27NO2. The Labute approximate surface area is 133 Å². The van der Waals surface area contributed by atoms with Crippen molar-refractivity contribution in [3.8, 4) is 5.75 Å². The van der Waals surface area contributed by atoms with E-state index in [4.69, 9.17) is 15.7 Å². The predicted molar refractivity (Wildman–Crippen MR) is 82.3 cm³/mol. The molecule has 1 aromatic carbocycles. The fourth-order valence-electron chi connectivity index (χ4n) is 3.06. The second kappa shape index (κ2) is 6.59. The highest BCUT2D eigenvalue weighted by atomic mass is 16.5. The lowest BCUT2D eigenvalue weighted by molar-refractivity contribution is -0.0277. The fraction of sp³-hybridized carbons (Fsp3) is 0.647. The van der Waals surface area contributed by atoms with Crippen LogP contribution in [-0.2, 0) is 0 Å². The van der Waals surface area contributed by atoms with Crippen LogP contribution in [0.15, 0.2) is 24.3 Å². The number of ether oxygens (including phenoxy) is 1. The summed E-state index contributed by atoms with van der Waals surface area (Å²) in [7, 11) is -2.58. The van der Waals surface area contributed by atoms with Gasteiger partial charge in [0, 0.05) is 19.3 Å². The summed E-state index contributed by atoms with van der Waals surface area (Å²) in [6.45, 7) is -4.52. The lowest BCUT2D eigenvalue weighted by atomic mass is 9.72. The van der Waals surface area contributed by atoms with Crippen LogP contribution in [0.25, 0.3) is 0 Å².